The van der Waals surface area contributed by atoms with Crippen molar-refractivity contribution in [3.8, 4) is 0 Å². The highest BCUT2D eigenvalue weighted by Gasteiger charge is 2.12. The van der Waals surface area contributed by atoms with Gasteiger partial charge in [-0.05, 0) is 18.4 Å². The summed E-state index contributed by atoms with van der Waals surface area (Å²) in [4.78, 5) is 9.99. The van der Waals surface area contributed by atoms with Crippen molar-refractivity contribution in [3.05, 3.63) is 12.2 Å². The number of carbonyl (C=O) groups is 1. The Hall–Kier alpha value is -0.630. The number of rotatable bonds is 5. The van der Waals surface area contributed by atoms with Crippen molar-refractivity contribution >= 4 is 6.29 Å². The van der Waals surface area contributed by atoms with Crippen molar-refractivity contribution in [1.82, 2.24) is 0 Å². The summed E-state index contributed by atoms with van der Waals surface area (Å²) in [6.45, 7) is 6.05. The number of aliphatic hydroxyl groups is 1. The molecule has 1 N–H and O–H groups in total. The molecule has 0 aromatic carbocycles. The fourth-order valence-electron chi connectivity index (χ4n) is 1.05. The van der Waals surface area contributed by atoms with Gasteiger partial charge >= 0.3 is 0 Å². The summed E-state index contributed by atoms with van der Waals surface area (Å²) >= 11 is 0. The second kappa shape index (κ2) is 5.95. The van der Waals surface area contributed by atoms with Gasteiger partial charge in [0.05, 0.1) is 6.10 Å². The third-order valence-corrected chi connectivity index (χ3v) is 1.81. The van der Waals surface area contributed by atoms with E-state index in [2.05, 4.69) is 13.8 Å². The number of hydrogen-bond acceptors (Lipinski definition) is 2. The van der Waals surface area contributed by atoms with Crippen LogP contribution in [-0.4, -0.2) is 17.5 Å². The molecule has 0 spiro atoms. The molecule has 0 fully saturated rings. The van der Waals surface area contributed by atoms with Crippen molar-refractivity contribution in [2.45, 2.75) is 33.3 Å². The van der Waals surface area contributed by atoms with Crippen molar-refractivity contribution in [3.63, 3.8) is 0 Å². The molecule has 0 saturated heterocycles. The fraction of sp³-hybridized carbons (Fsp3) is 0.700. The maximum Gasteiger partial charge on any atom is 0.142 e. The number of aliphatic hydroxyl groups excluding tert-OH is 1. The first-order valence-corrected chi connectivity index (χ1v) is 4.38. The first-order chi connectivity index (χ1) is 5.57. The minimum atomic E-state index is -0.332. The average Bonchev–Trinajstić information content (AvgIpc) is 1.98. The van der Waals surface area contributed by atoms with Crippen LogP contribution >= 0.6 is 0 Å². The Bertz CT molecular complexity index is 150. The van der Waals surface area contributed by atoms with E-state index < -0.39 is 0 Å². The largest absolute Gasteiger partial charge is 0.393 e. The lowest BCUT2D eigenvalue weighted by Crippen LogP contribution is -2.17. The smallest absolute Gasteiger partial charge is 0.142 e. The molecule has 0 rings (SSSR count). The van der Waals surface area contributed by atoms with Crippen LogP contribution in [0.1, 0.15) is 27.2 Å². The van der Waals surface area contributed by atoms with Crippen molar-refractivity contribution in [2.75, 3.05) is 0 Å². The topological polar surface area (TPSA) is 37.3 Å². The first-order valence-electron chi connectivity index (χ1n) is 4.38. The Morgan fingerprint density at radius 3 is 2.33 bits per heavy atom. The quantitative estimate of drug-likeness (QED) is 0.504. The Kier molecular flexibility index (Phi) is 5.64. The molecule has 0 aliphatic heterocycles. The summed E-state index contributed by atoms with van der Waals surface area (Å²) in [6.07, 6.45) is 4.36. The van der Waals surface area contributed by atoms with Gasteiger partial charge < -0.3 is 5.11 Å². The molecule has 0 heterocycles. The lowest BCUT2D eigenvalue weighted by Gasteiger charge is -2.16. The standard InChI is InChI=1S/C10H18O2/c1-8(2)7-10(12)9(3)5-4-6-11/h4-6,8-10,12H,7H2,1-3H3. The Morgan fingerprint density at radius 2 is 1.92 bits per heavy atom. The van der Waals surface area contributed by atoms with E-state index in [1.807, 2.05) is 6.92 Å². The predicted molar refractivity (Wildman–Crippen MR) is 49.8 cm³/mol. The highest BCUT2D eigenvalue weighted by Crippen LogP contribution is 2.13. The molecule has 2 atom stereocenters. The van der Waals surface area contributed by atoms with E-state index in [1.165, 1.54) is 6.08 Å². The zero-order valence-electron chi connectivity index (χ0n) is 8.03. The number of hydrogen-bond donors (Lipinski definition) is 1. The molecule has 0 amide bonds. The molecule has 0 aromatic heterocycles. The van der Waals surface area contributed by atoms with E-state index in [9.17, 15) is 9.90 Å². The van der Waals surface area contributed by atoms with Gasteiger partial charge in [0.2, 0.25) is 0 Å². The third-order valence-electron chi connectivity index (χ3n) is 1.81. The van der Waals surface area contributed by atoms with Crippen LogP contribution in [0.3, 0.4) is 0 Å². The van der Waals surface area contributed by atoms with E-state index in [-0.39, 0.29) is 12.0 Å². The molecule has 0 saturated carbocycles. The second-order valence-corrected chi connectivity index (χ2v) is 3.58. The maximum absolute atomic E-state index is 9.99. The Labute approximate surface area is 74.3 Å². The molecule has 70 valence electrons. The van der Waals surface area contributed by atoms with Gasteiger partial charge in [-0.3, -0.25) is 4.79 Å². The molecule has 0 bridgehead atoms. The second-order valence-electron chi connectivity index (χ2n) is 3.58. The summed E-state index contributed by atoms with van der Waals surface area (Å²) < 4.78 is 0. The zero-order chi connectivity index (χ0) is 9.56. The van der Waals surface area contributed by atoms with Crippen LogP contribution in [0, 0.1) is 11.8 Å². The minimum Gasteiger partial charge on any atom is -0.393 e. The first kappa shape index (κ1) is 11.4. The van der Waals surface area contributed by atoms with Crippen LogP contribution in [0.25, 0.3) is 0 Å². The van der Waals surface area contributed by atoms with Crippen molar-refractivity contribution in [2.24, 2.45) is 11.8 Å². The van der Waals surface area contributed by atoms with E-state index in [0.29, 0.717) is 5.92 Å². The molecule has 2 nitrogen and oxygen atoms in total. The zero-order valence-corrected chi connectivity index (χ0v) is 8.03. The van der Waals surface area contributed by atoms with E-state index in [4.69, 9.17) is 0 Å². The van der Waals surface area contributed by atoms with Gasteiger partial charge in [0, 0.05) is 5.92 Å². The SMILES string of the molecule is CC(C)CC(O)C(C)C=CC=O. The highest BCUT2D eigenvalue weighted by atomic mass is 16.3. The minimum absolute atomic E-state index is 0.0672. The van der Waals surface area contributed by atoms with Crippen LogP contribution in [-0.2, 0) is 4.79 Å². The molecule has 0 aromatic rings. The van der Waals surface area contributed by atoms with Crippen LogP contribution in [0.4, 0.5) is 0 Å². The van der Waals surface area contributed by atoms with Crippen molar-refractivity contribution in [1.29, 1.82) is 0 Å². The predicted octanol–water partition coefficient (Wildman–Crippen LogP) is 1.78. The monoisotopic (exact) mass is 170 g/mol. The third kappa shape index (κ3) is 5.08. The molecule has 0 aliphatic carbocycles. The van der Waals surface area contributed by atoms with E-state index >= 15 is 0 Å². The van der Waals surface area contributed by atoms with Crippen LogP contribution in [0.15, 0.2) is 12.2 Å². The fourth-order valence-corrected chi connectivity index (χ4v) is 1.05. The highest BCUT2D eigenvalue weighted by molar-refractivity contribution is 5.64. The van der Waals surface area contributed by atoms with Gasteiger partial charge in [-0.25, -0.2) is 0 Å². The molecule has 2 unspecified atom stereocenters. The molecule has 2 heteroatoms. The van der Waals surface area contributed by atoms with Crippen molar-refractivity contribution < 1.29 is 9.90 Å². The number of allylic oxidation sites excluding steroid dienone is 1. The van der Waals surface area contributed by atoms with Gasteiger partial charge in [0.1, 0.15) is 6.29 Å². The van der Waals surface area contributed by atoms with Gasteiger partial charge in [-0.15, -0.1) is 0 Å². The maximum atomic E-state index is 9.99. The average molecular weight is 170 g/mol. The summed E-state index contributed by atoms with van der Waals surface area (Å²) in [7, 11) is 0. The van der Waals surface area contributed by atoms with Gasteiger partial charge in [0.15, 0.2) is 0 Å². The van der Waals surface area contributed by atoms with Gasteiger partial charge in [-0.1, -0.05) is 26.8 Å². The Balaban J connectivity index is 3.83. The molecular weight excluding hydrogens is 152 g/mol. The molecule has 0 radical (unpaired) electrons. The van der Waals surface area contributed by atoms with Gasteiger partial charge in [-0.2, -0.15) is 0 Å². The molecule has 12 heavy (non-hydrogen) atoms. The number of aldehydes is 1. The van der Waals surface area contributed by atoms with Crippen LogP contribution < -0.4 is 0 Å². The lowest BCUT2D eigenvalue weighted by molar-refractivity contribution is -0.104. The van der Waals surface area contributed by atoms with E-state index in [0.717, 1.165) is 12.7 Å². The van der Waals surface area contributed by atoms with Crippen LogP contribution in [0.2, 0.25) is 0 Å². The normalized spacial score (nSPS) is 16.8. The summed E-state index contributed by atoms with van der Waals surface area (Å²) in [5.41, 5.74) is 0. The van der Waals surface area contributed by atoms with Gasteiger partial charge in [0.25, 0.3) is 0 Å². The summed E-state index contributed by atoms with van der Waals surface area (Å²) in [5.74, 6) is 0.560. The van der Waals surface area contributed by atoms with E-state index in [1.54, 1.807) is 6.08 Å². The number of carbonyl (C=O) groups excluding carboxylic acids is 1. The molecular formula is C10H18O2. The summed E-state index contributed by atoms with van der Waals surface area (Å²) in [6, 6.07) is 0. The van der Waals surface area contributed by atoms with Crippen LogP contribution in [0.5, 0.6) is 0 Å². The molecule has 0 aliphatic rings. The lowest BCUT2D eigenvalue weighted by atomic mass is 9.96. The summed E-state index contributed by atoms with van der Waals surface area (Å²) in [5, 5.41) is 9.55. The Morgan fingerprint density at radius 1 is 1.33 bits per heavy atom.